The molecule has 0 radical (unpaired) electrons. The van der Waals surface area contributed by atoms with Gasteiger partial charge in [-0.3, -0.25) is 0 Å². The third-order valence-corrected chi connectivity index (χ3v) is 3.01. The van der Waals surface area contributed by atoms with Crippen molar-refractivity contribution in [2.24, 2.45) is 0 Å². The van der Waals surface area contributed by atoms with Gasteiger partial charge in [0.1, 0.15) is 11.4 Å². The number of rotatable bonds is 6. The summed E-state index contributed by atoms with van der Waals surface area (Å²) in [5.74, 6) is 1.07. The molecule has 2 rings (SSSR count). The third-order valence-electron chi connectivity index (χ3n) is 3.01. The number of pyridine rings is 1. The smallest absolute Gasteiger partial charge is 0.239 e. The first-order chi connectivity index (χ1) is 9.13. The predicted molar refractivity (Wildman–Crippen MR) is 73.3 cm³/mol. The molecule has 0 amide bonds. The van der Waals surface area contributed by atoms with E-state index in [1.807, 2.05) is 6.92 Å². The maximum atomic E-state index is 10.1. The minimum absolute atomic E-state index is 0.355. The van der Waals surface area contributed by atoms with Crippen LogP contribution in [0.3, 0.4) is 0 Å². The topological polar surface area (TPSA) is 89.6 Å². The summed E-state index contributed by atoms with van der Waals surface area (Å²) in [4.78, 5) is 4.29. The number of nitrogens with two attached hydrogens (primary N) is 1. The summed E-state index contributed by atoms with van der Waals surface area (Å²) in [7, 11) is 0. The molecular formula is C13H21N3O3. The number of nitrogen functional groups attached to an aromatic ring is 1. The summed E-state index contributed by atoms with van der Waals surface area (Å²) in [5.41, 5.74) is 5.49. The zero-order chi connectivity index (χ0) is 13.7. The lowest BCUT2D eigenvalue weighted by Crippen LogP contribution is -2.37. The molecule has 0 aromatic carbocycles. The van der Waals surface area contributed by atoms with E-state index >= 15 is 0 Å². The molecule has 1 fully saturated rings. The van der Waals surface area contributed by atoms with Gasteiger partial charge in [0, 0.05) is 19.6 Å². The number of aromatic nitrogens is 1. The molecule has 1 atom stereocenters. The van der Waals surface area contributed by atoms with E-state index in [9.17, 15) is 5.11 Å². The molecule has 1 aromatic heterocycles. The van der Waals surface area contributed by atoms with Gasteiger partial charge in [0.05, 0.1) is 18.9 Å². The molecule has 1 aliphatic heterocycles. The van der Waals surface area contributed by atoms with Crippen LogP contribution < -0.4 is 15.8 Å². The van der Waals surface area contributed by atoms with Crippen molar-refractivity contribution in [3.8, 4) is 5.88 Å². The van der Waals surface area contributed by atoms with E-state index < -0.39 is 5.60 Å². The summed E-state index contributed by atoms with van der Waals surface area (Å²) < 4.78 is 10.6. The van der Waals surface area contributed by atoms with Crippen molar-refractivity contribution in [1.29, 1.82) is 0 Å². The van der Waals surface area contributed by atoms with E-state index in [1.165, 1.54) is 0 Å². The zero-order valence-electron chi connectivity index (χ0n) is 11.2. The monoisotopic (exact) mass is 267 g/mol. The second-order valence-electron chi connectivity index (χ2n) is 4.82. The number of ether oxygens (including phenoxy) is 2. The van der Waals surface area contributed by atoms with E-state index in [-0.39, 0.29) is 0 Å². The summed E-state index contributed by atoms with van der Waals surface area (Å²) in [6, 6.07) is 3.52. The van der Waals surface area contributed by atoms with E-state index in [2.05, 4.69) is 10.3 Å². The zero-order valence-corrected chi connectivity index (χ0v) is 11.2. The Bertz CT molecular complexity index is 420. The average molecular weight is 267 g/mol. The van der Waals surface area contributed by atoms with Crippen molar-refractivity contribution in [3.63, 3.8) is 0 Å². The lowest BCUT2D eigenvalue weighted by molar-refractivity contribution is 0.0381. The van der Waals surface area contributed by atoms with Gasteiger partial charge in [-0.2, -0.15) is 4.98 Å². The Labute approximate surface area is 112 Å². The van der Waals surface area contributed by atoms with Crippen molar-refractivity contribution in [2.45, 2.75) is 25.4 Å². The van der Waals surface area contributed by atoms with Crippen LogP contribution in [0.5, 0.6) is 5.88 Å². The highest BCUT2D eigenvalue weighted by Crippen LogP contribution is 2.23. The van der Waals surface area contributed by atoms with Gasteiger partial charge in [-0.1, -0.05) is 6.92 Å². The average Bonchev–Trinajstić information content (AvgIpc) is 2.84. The third kappa shape index (κ3) is 3.71. The molecule has 0 aliphatic carbocycles. The summed E-state index contributed by atoms with van der Waals surface area (Å²) in [5, 5.41) is 13.2. The number of hydrogen-bond donors (Lipinski definition) is 3. The first kappa shape index (κ1) is 13.9. The largest absolute Gasteiger partial charge is 0.476 e. The lowest BCUT2D eigenvalue weighted by atomic mass is 10.0. The van der Waals surface area contributed by atoms with E-state index in [4.69, 9.17) is 15.2 Å². The Kier molecular flexibility index (Phi) is 4.44. The second kappa shape index (κ2) is 6.08. The number of nitrogens with one attached hydrogen (secondary N) is 1. The predicted octanol–water partition coefficient (Wildman–Crippen LogP) is 1.02. The lowest BCUT2D eigenvalue weighted by Gasteiger charge is -2.21. The molecule has 1 aliphatic rings. The molecule has 1 saturated heterocycles. The number of hydrogen-bond acceptors (Lipinski definition) is 6. The van der Waals surface area contributed by atoms with Crippen LogP contribution in [0.15, 0.2) is 12.1 Å². The van der Waals surface area contributed by atoms with Crippen LogP contribution in [0.4, 0.5) is 11.5 Å². The van der Waals surface area contributed by atoms with Crippen LogP contribution in [0.2, 0.25) is 0 Å². The number of aliphatic hydroxyl groups is 1. The minimum Gasteiger partial charge on any atom is -0.476 e. The molecule has 1 unspecified atom stereocenters. The molecule has 0 spiro atoms. The Morgan fingerprint density at radius 2 is 2.42 bits per heavy atom. The Hall–Kier alpha value is -1.53. The van der Waals surface area contributed by atoms with Crippen molar-refractivity contribution in [3.05, 3.63) is 12.1 Å². The highest BCUT2D eigenvalue weighted by Gasteiger charge is 2.32. The molecule has 19 heavy (non-hydrogen) atoms. The number of anilines is 2. The van der Waals surface area contributed by atoms with Crippen LogP contribution in [0, 0.1) is 0 Å². The fourth-order valence-electron chi connectivity index (χ4n) is 1.85. The minimum atomic E-state index is -0.812. The summed E-state index contributed by atoms with van der Waals surface area (Å²) in [6.45, 7) is 3.95. The SMILES string of the molecule is CCCOc1nc(NCC2(O)CCOC2)ccc1N. The molecule has 6 heteroatoms. The van der Waals surface area contributed by atoms with Crippen LogP contribution >= 0.6 is 0 Å². The van der Waals surface area contributed by atoms with Crippen molar-refractivity contribution < 1.29 is 14.6 Å². The summed E-state index contributed by atoms with van der Waals surface area (Å²) in [6.07, 6.45) is 1.53. The maximum absolute atomic E-state index is 10.1. The van der Waals surface area contributed by atoms with Gasteiger partial charge in [0.25, 0.3) is 0 Å². The normalized spacial score (nSPS) is 22.4. The van der Waals surface area contributed by atoms with Gasteiger partial charge in [-0.15, -0.1) is 0 Å². The molecule has 0 saturated carbocycles. The van der Waals surface area contributed by atoms with Crippen LogP contribution in [0.1, 0.15) is 19.8 Å². The molecule has 6 nitrogen and oxygen atoms in total. The van der Waals surface area contributed by atoms with Crippen LogP contribution in [0.25, 0.3) is 0 Å². The van der Waals surface area contributed by atoms with Gasteiger partial charge >= 0.3 is 0 Å². The molecule has 2 heterocycles. The van der Waals surface area contributed by atoms with Crippen LogP contribution in [-0.4, -0.2) is 42.1 Å². The Morgan fingerprint density at radius 3 is 3.11 bits per heavy atom. The Balaban J connectivity index is 1.96. The van der Waals surface area contributed by atoms with E-state index in [0.29, 0.717) is 50.2 Å². The fourth-order valence-corrected chi connectivity index (χ4v) is 1.85. The van der Waals surface area contributed by atoms with Crippen molar-refractivity contribution in [1.82, 2.24) is 4.98 Å². The molecule has 106 valence electrons. The molecule has 4 N–H and O–H groups in total. The first-order valence-electron chi connectivity index (χ1n) is 6.56. The standard InChI is InChI=1S/C13H21N3O3/c1-2-6-19-12-10(14)3-4-11(16-12)15-8-13(17)5-7-18-9-13/h3-4,17H,2,5-9,14H2,1H3,(H,15,16). The van der Waals surface area contributed by atoms with Gasteiger partial charge in [-0.25, -0.2) is 0 Å². The van der Waals surface area contributed by atoms with Crippen molar-refractivity contribution >= 4 is 11.5 Å². The van der Waals surface area contributed by atoms with E-state index in [0.717, 1.165) is 6.42 Å². The molecule has 1 aromatic rings. The molecular weight excluding hydrogens is 246 g/mol. The van der Waals surface area contributed by atoms with Crippen LogP contribution in [-0.2, 0) is 4.74 Å². The Morgan fingerprint density at radius 1 is 1.58 bits per heavy atom. The summed E-state index contributed by atoms with van der Waals surface area (Å²) >= 11 is 0. The second-order valence-corrected chi connectivity index (χ2v) is 4.82. The van der Waals surface area contributed by atoms with Gasteiger partial charge in [-0.05, 0) is 18.6 Å². The highest BCUT2D eigenvalue weighted by molar-refractivity contribution is 5.53. The maximum Gasteiger partial charge on any atom is 0.239 e. The van der Waals surface area contributed by atoms with Gasteiger partial charge < -0.3 is 25.6 Å². The highest BCUT2D eigenvalue weighted by atomic mass is 16.5. The molecule has 0 bridgehead atoms. The fraction of sp³-hybridized carbons (Fsp3) is 0.615. The van der Waals surface area contributed by atoms with Crippen molar-refractivity contribution in [2.75, 3.05) is 37.4 Å². The van der Waals surface area contributed by atoms with Gasteiger partial charge in [0.2, 0.25) is 5.88 Å². The first-order valence-corrected chi connectivity index (χ1v) is 6.56. The number of nitrogens with zero attached hydrogens (tertiary/aromatic N) is 1. The van der Waals surface area contributed by atoms with E-state index in [1.54, 1.807) is 12.1 Å². The van der Waals surface area contributed by atoms with Gasteiger partial charge in [0.15, 0.2) is 0 Å². The quantitative estimate of drug-likeness (QED) is 0.713.